The van der Waals surface area contributed by atoms with E-state index in [1.807, 2.05) is 31.2 Å². The summed E-state index contributed by atoms with van der Waals surface area (Å²) in [5.74, 6) is 2.33. The van der Waals surface area contributed by atoms with Crippen molar-refractivity contribution in [1.29, 1.82) is 0 Å². The summed E-state index contributed by atoms with van der Waals surface area (Å²) in [6, 6.07) is 0.629. The molecule has 2 heterocycles. The maximum Gasteiger partial charge on any atom is 0.122 e. The molecule has 78 valence electrons. The van der Waals surface area contributed by atoms with Crippen LogP contribution in [0.15, 0.2) is 12.4 Å². The molecular weight excluding hydrogens is 194 g/mol. The first kappa shape index (κ1) is 10.1. The van der Waals surface area contributed by atoms with Gasteiger partial charge in [-0.05, 0) is 13.8 Å². The molecule has 0 bridgehead atoms. The van der Waals surface area contributed by atoms with Crippen molar-refractivity contribution >= 4 is 11.8 Å². The predicted octanol–water partition coefficient (Wildman–Crippen LogP) is 1.40. The van der Waals surface area contributed by atoms with Crippen molar-refractivity contribution in [2.75, 3.05) is 5.75 Å². The van der Waals surface area contributed by atoms with E-state index in [0.29, 0.717) is 10.8 Å². The third-order valence-corrected chi connectivity index (χ3v) is 4.42. The number of thioether (sulfide) groups is 1. The largest absolute Gasteiger partial charge is 0.337 e. The Kier molecular flexibility index (Phi) is 2.58. The lowest BCUT2D eigenvalue weighted by Gasteiger charge is -2.44. The molecular formula is C10H17N3S. The lowest BCUT2D eigenvalue weighted by atomic mass is 10.0. The maximum atomic E-state index is 4.29. The average Bonchev–Trinajstić information content (AvgIpc) is 2.50. The normalized spacial score (nSPS) is 24.6. The fraction of sp³-hybridized carbons (Fsp3) is 0.700. The molecule has 0 aromatic carbocycles. The van der Waals surface area contributed by atoms with Crippen molar-refractivity contribution in [3.05, 3.63) is 18.2 Å². The molecule has 0 radical (unpaired) electrons. The van der Waals surface area contributed by atoms with Gasteiger partial charge in [-0.2, -0.15) is 11.8 Å². The van der Waals surface area contributed by atoms with Crippen LogP contribution in [0.1, 0.15) is 19.7 Å². The zero-order valence-electron chi connectivity index (χ0n) is 8.95. The summed E-state index contributed by atoms with van der Waals surface area (Å²) in [5, 5.41) is 3.55. The molecule has 3 nitrogen and oxygen atoms in total. The number of hydrogen-bond donors (Lipinski definition) is 1. The summed E-state index contributed by atoms with van der Waals surface area (Å²) >= 11 is 2.02. The minimum Gasteiger partial charge on any atom is -0.337 e. The first-order valence-corrected chi connectivity index (χ1v) is 5.92. The van der Waals surface area contributed by atoms with Gasteiger partial charge in [0.1, 0.15) is 5.82 Å². The zero-order chi connectivity index (χ0) is 10.2. The molecule has 1 aliphatic rings. The van der Waals surface area contributed by atoms with E-state index in [2.05, 4.69) is 28.7 Å². The fourth-order valence-electron chi connectivity index (χ4n) is 1.59. The van der Waals surface area contributed by atoms with Crippen LogP contribution >= 0.6 is 11.8 Å². The van der Waals surface area contributed by atoms with Crippen molar-refractivity contribution in [2.45, 2.75) is 31.2 Å². The van der Waals surface area contributed by atoms with E-state index in [0.717, 1.165) is 12.4 Å². The minimum absolute atomic E-state index is 0.394. The number of nitrogens with one attached hydrogen (secondary N) is 1. The predicted molar refractivity (Wildman–Crippen MR) is 60.4 cm³/mol. The highest BCUT2D eigenvalue weighted by atomic mass is 32.2. The second-order valence-electron chi connectivity index (χ2n) is 4.30. The highest BCUT2D eigenvalue weighted by Crippen LogP contribution is 2.39. The summed E-state index contributed by atoms with van der Waals surface area (Å²) in [7, 11) is 2.03. The minimum atomic E-state index is 0.394. The molecule has 14 heavy (non-hydrogen) atoms. The highest BCUT2D eigenvalue weighted by Gasteiger charge is 2.38. The van der Waals surface area contributed by atoms with E-state index in [1.165, 1.54) is 5.75 Å². The summed E-state index contributed by atoms with van der Waals surface area (Å²) in [5.41, 5.74) is 0. The molecule has 1 aromatic rings. The Hall–Kier alpha value is -0.480. The van der Waals surface area contributed by atoms with E-state index in [-0.39, 0.29) is 0 Å². The number of aromatic nitrogens is 2. The molecule has 2 rings (SSSR count). The molecule has 1 N–H and O–H groups in total. The van der Waals surface area contributed by atoms with Crippen LogP contribution in [0.25, 0.3) is 0 Å². The third kappa shape index (κ3) is 1.81. The van der Waals surface area contributed by atoms with E-state index in [9.17, 15) is 0 Å². The van der Waals surface area contributed by atoms with Crippen molar-refractivity contribution in [3.8, 4) is 0 Å². The topological polar surface area (TPSA) is 29.9 Å². The quantitative estimate of drug-likeness (QED) is 0.819. The Labute approximate surface area is 89.3 Å². The lowest BCUT2D eigenvalue weighted by molar-refractivity contribution is 0.427. The van der Waals surface area contributed by atoms with Crippen LogP contribution in [-0.4, -0.2) is 26.1 Å². The fourth-order valence-corrected chi connectivity index (χ4v) is 2.79. The van der Waals surface area contributed by atoms with Crippen LogP contribution in [0.4, 0.5) is 0 Å². The van der Waals surface area contributed by atoms with Crippen molar-refractivity contribution < 1.29 is 0 Å². The van der Waals surface area contributed by atoms with Gasteiger partial charge in [0, 0.05) is 36.0 Å². The van der Waals surface area contributed by atoms with Gasteiger partial charge in [-0.3, -0.25) is 0 Å². The molecule has 1 saturated heterocycles. The lowest BCUT2D eigenvalue weighted by Crippen LogP contribution is -2.54. The first-order valence-electron chi connectivity index (χ1n) is 4.93. The summed E-state index contributed by atoms with van der Waals surface area (Å²) in [4.78, 5) is 4.29. The second kappa shape index (κ2) is 3.59. The van der Waals surface area contributed by atoms with E-state index in [4.69, 9.17) is 0 Å². The van der Waals surface area contributed by atoms with Gasteiger partial charge in [0.15, 0.2) is 0 Å². The standard InChI is InChI=1S/C10H17N3S/c1-10(2)8(7-14-10)12-6-9-11-4-5-13(9)3/h4-5,8,12H,6-7H2,1-3H3. The van der Waals surface area contributed by atoms with Crippen LogP contribution in [0.2, 0.25) is 0 Å². The monoisotopic (exact) mass is 211 g/mol. The van der Waals surface area contributed by atoms with Gasteiger partial charge in [0.05, 0.1) is 6.54 Å². The van der Waals surface area contributed by atoms with Crippen LogP contribution in [0.5, 0.6) is 0 Å². The third-order valence-electron chi connectivity index (χ3n) is 2.89. The Morgan fingerprint density at radius 1 is 1.71 bits per heavy atom. The molecule has 0 aliphatic carbocycles. The molecule has 1 fully saturated rings. The average molecular weight is 211 g/mol. The second-order valence-corrected chi connectivity index (χ2v) is 5.98. The van der Waals surface area contributed by atoms with Crippen LogP contribution in [0, 0.1) is 0 Å². The van der Waals surface area contributed by atoms with Crippen molar-refractivity contribution in [3.63, 3.8) is 0 Å². The van der Waals surface area contributed by atoms with Crippen molar-refractivity contribution in [1.82, 2.24) is 14.9 Å². The number of aryl methyl sites for hydroxylation is 1. The van der Waals surface area contributed by atoms with Crippen LogP contribution < -0.4 is 5.32 Å². The number of imidazole rings is 1. The molecule has 1 atom stereocenters. The SMILES string of the molecule is Cn1ccnc1CNC1CSC1(C)C. The zero-order valence-corrected chi connectivity index (χ0v) is 9.77. The van der Waals surface area contributed by atoms with E-state index >= 15 is 0 Å². The van der Waals surface area contributed by atoms with Gasteiger partial charge in [0.25, 0.3) is 0 Å². The van der Waals surface area contributed by atoms with Gasteiger partial charge in [-0.25, -0.2) is 4.98 Å². The number of nitrogens with zero attached hydrogens (tertiary/aromatic N) is 2. The van der Waals surface area contributed by atoms with Crippen LogP contribution in [-0.2, 0) is 13.6 Å². The molecule has 1 aromatic heterocycles. The molecule has 0 spiro atoms. The van der Waals surface area contributed by atoms with Crippen molar-refractivity contribution in [2.24, 2.45) is 7.05 Å². The Balaban J connectivity index is 1.87. The number of rotatable bonds is 3. The van der Waals surface area contributed by atoms with Gasteiger partial charge in [-0.15, -0.1) is 0 Å². The molecule has 1 unspecified atom stereocenters. The Bertz CT molecular complexity index is 319. The van der Waals surface area contributed by atoms with Crippen LogP contribution in [0.3, 0.4) is 0 Å². The highest BCUT2D eigenvalue weighted by molar-refractivity contribution is 8.02. The van der Waals surface area contributed by atoms with Gasteiger partial charge in [-0.1, -0.05) is 0 Å². The maximum absolute atomic E-state index is 4.29. The van der Waals surface area contributed by atoms with Gasteiger partial charge < -0.3 is 9.88 Å². The molecule has 0 saturated carbocycles. The summed E-state index contributed by atoms with van der Waals surface area (Å²) < 4.78 is 2.46. The smallest absolute Gasteiger partial charge is 0.122 e. The first-order chi connectivity index (χ1) is 6.59. The Morgan fingerprint density at radius 2 is 2.50 bits per heavy atom. The summed E-state index contributed by atoms with van der Waals surface area (Å²) in [6.45, 7) is 5.45. The molecule has 4 heteroatoms. The van der Waals surface area contributed by atoms with E-state index < -0.39 is 0 Å². The molecule has 1 aliphatic heterocycles. The molecule has 0 amide bonds. The van der Waals surface area contributed by atoms with E-state index in [1.54, 1.807) is 0 Å². The van der Waals surface area contributed by atoms with Gasteiger partial charge in [0.2, 0.25) is 0 Å². The Morgan fingerprint density at radius 3 is 2.93 bits per heavy atom. The summed E-state index contributed by atoms with van der Waals surface area (Å²) in [6.07, 6.45) is 3.83. The number of hydrogen-bond acceptors (Lipinski definition) is 3. The van der Waals surface area contributed by atoms with Gasteiger partial charge >= 0.3 is 0 Å².